The van der Waals surface area contributed by atoms with Crippen molar-refractivity contribution < 1.29 is 13.3 Å². The Bertz CT molecular complexity index is 534. The molecule has 0 spiro atoms. The molecular weight excluding hydrogens is 337 g/mol. The third-order valence-corrected chi connectivity index (χ3v) is 8.89. The van der Waals surface area contributed by atoms with Gasteiger partial charge in [0.2, 0.25) is 0 Å². The highest BCUT2D eigenvalue weighted by molar-refractivity contribution is 7.71. The van der Waals surface area contributed by atoms with E-state index in [1.165, 1.54) is 10.6 Å². The van der Waals surface area contributed by atoms with Crippen LogP contribution < -0.4 is 15.7 Å². The third kappa shape index (κ3) is 5.21. The van der Waals surface area contributed by atoms with Gasteiger partial charge >= 0.3 is 8.80 Å². The number of hydrogen-bond donors (Lipinski definition) is 1. The van der Waals surface area contributed by atoms with Crippen molar-refractivity contribution in [2.24, 2.45) is 0 Å². The van der Waals surface area contributed by atoms with Gasteiger partial charge < -0.3 is 13.3 Å². The van der Waals surface area contributed by atoms with Gasteiger partial charge in [-0.2, -0.15) is 0 Å². The molecular formula is C18H26NO3PSi. The molecule has 0 aliphatic rings. The highest BCUT2D eigenvalue weighted by Crippen LogP contribution is 2.28. The van der Waals surface area contributed by atoms with Crippen LogP contribution in [0.15, 0.2) is 60.7 Å². The summed E-state index contributed by atoms with van der Waals surface area (Å²) in [6, 6.07) is 22.0. The van der Waals surface area contributed by atoms with E-state index in [9.17, 15) is 0 Å². The Morgan fingerprint density at radius 2 is 1.25 bits per heavy atom. The van der Waals surface area contributed by atoms with Crippen molar-refractivity contribution in [2.45, 2.75) is 12.5 Å². The summed E-state index contributed by atoms with van der Waals surface area (Å²) in [6.07, 6.45) is 0.945. The van der Waals surface area contributed by atoms with E-state index in [1.807, 2.05) is 0 Å². The Balaban J connectivity index is 2.00. The molecule has 0 bridgehead atoms. The monoisotopic (exact) mass is 363 g/mol. The first kappa shape index (κ1) is 19.3. The zero-order valence-corrected chi connectivity index (χ0v) is 16.5. The second-order valence-corrected chi connectivity index (χ2v) is 10.4. The van der Waals surface area contributed by atoms with Gasteiger partial charge in [-0.05, 0) is 23.6 Å². The van der Waals surface area contributed by atoms with Crippen molar-refractivity contribution in [2.75, 3.05) is 27.9 Å². The number of rotatable bonds is 10. The average molecular weight is 363 g/mol. The van der Waals surface area contributed by atoms with E-state index in [2.05, 4.69) is 65.8 Å². The van der Waals surface area contributed by atoms with Crippen LogP contribution in [0.3, 0.4) is 0 Å². The van der Waals surface area contributed by atoms with Gasteiger partial charge in [0.25, 0.3) is 0 Å². The molecule has 24 heavy (non-hydrogen) atoms. The molecule has 2 aromatic rings. The van der Waals surface area contributed by atoms with E-state index in [0.717, 1.165) is 19.0 Å². The molecule has 2 rings (SSSR count). The van der Waals surface area contributed by atoms with Gasteiger partial charge in [0, 0.05) is 35.4 Å². The van der Waals surface area contributed by atoms with Gasteiger partial charge in [-0.3, -0.25) is 5.09 Å². The van der Waals surface area contributed by atoms with E-state index in [1.54, 1.807) is 21.3 Å². The minimum Gasteiger partial charge on any atom is -0.377 e. The van der Waals surface area contributed by atoms with Crippen LogP contribution in [0.5, 0.6) is 0 Å². The Labute approximate surface area is 147 Å². The molecule has 1 N–H and O–H groups in total. The van der Waals surface area contributed by atoms with Gasteiger partial charge in [-0.15, -0.1) is 0 Å². The van der Waals surface area contributed by atoms with Crippen LogP contribution >= 0.6 is 8.07 Å². The number of nitrogens with one attached hydrogen (secondary N) is 1. The van der Waals surface area contributed by atoms with Crippen LogP contribution in [-0.2, 0) is 13.3 Å². The van der Waals surface area contributed by atoms with Gasteiger partial charge in [-0.25, -0.2) is 0 Å². The van der Waals surface area contributed by atoms with Crippen LogP contribution in [0.4, 0.5) is 0 Å². The molecule has 6 heteroatoms. The van der Waals surface area contributed by atoms with E-state index in [-0.39, 0.29) is 0 Å². The maximum atomic E-state index is 5.48. The van der Waals surface area contributed by atoms with Gasteiger partial charge in [0.05, 0.1) is 0 Å². The molecule has 4 nitrogen and oxygen atoms in total. The molecule has 2 aromatic carbocycles. The summed E-state index contributed by atoms with van der Waals surface area (Å²) in [4.78, 5) is 0. The SMILES string of the molecule is CO[Si](CCCNP(c1ccccc1)c1ccccc1)(OC)OC. The number of hydrogen-bond acceptors (Lipinski definition) is 4. The fourth-order valence-electron chi connectivity index (χ4n) is 2.54. The predicted molar refractivity (Wildman–Crippen MR) is 103 cm³/mol. The molecule has 0 saturated heterocycles. The van der Waals surface area contributed by atoms with Crippen molar-refractivity contribution in [3.8, 4) is 0 Å². The number of benzene rings is 2. The maximum Gasteiger partial charge on any atom is 0.500 e. The highest BCUT2D eigenvalue weighted by atomic mass is 31.1. The quantitative estimate of drug-likeness (QED) is 0.400. The standard InChI is InChI=1S/C18H26NO3PSi/c1-20-24(21-2,22-3)16-10-15-19-23(17-11-6-4-7-12-17)18-13-8-5-9-14-18/h4-9,11-14,19H,10,15-16H2,1-3H3. The van der Waals surface area contributed by atoms with Crippen molar-refractivity contribution in [1.29, 1.82) is 0 Å². The Morgan fingerprint density at radius 1 is 0.792 bits per heavy atom. The van der Waals surface area contributed by atoms with Gasteiger partial charge in [-0.1, -0.05) is 60.7 Å². The molecule has 0 unspecified atom stereocenters. The predicted octanol–water partition coefficient (Wildman–Crippen LogP) is 2.89. The lowest BCUT2D eigenvalue weighted by Gasteiger charge is -2.25. The van der Waals surface area contributed by atoms with E-state index in [4.69, 9.17) is 13.3 Å². The molecule has 0 fully saturated rings. The zero-order chi connectivity index (χ0) is 17.3. The Morgan fingerprint density at radius 3 is 1.67 bits per heavy atom. The van der Waals surface area contributed by atoms with Crippen LogP contribution in [-0.4, -0.2) is 36.7 Å². The lowest BCUT2D eigenvalue weighted by molar-refractivity contribution is 0.123. The summed E-state index contributed by atoms with van der Waals surface area (Å²) < 4.78 is 16.5. The molecule has 0 heterocycles. The summed E-state index contributed by atoms with van der Waals surface area (Å²) in [5.41, 5.74) is 0. The third-order valence-electron chi connectivity index (χ3n) is 3.89. The highest BCUT2D eigenvalue weighted by Gasteiger charge is 2.36. The maximum absolute atomic E-state index is 5.48. The van der Waals surface area contributed by atoms with Crippen molar-refractivity contribution >= 4 is 27.5 Å². The minimum atomic E-state index is -2.48. The summed E-state index contributed by atoms with van der Waals surface area (Å²) in [5.74, 6) is 0. The van der Waals surface area contributed by atoms with E-state index in [0.29, 0.717) is 0 Å². The molecule has 0 aliphatic heterocycles. The molecule has 0 saturated carbocycles. The zero-order valence-electron chi connectivity index (χ0n) is 14.6. The average Bonchev–Trinajstić information content (AvgIpc) is 2.67. The van der Waals surface area contributed by atoms with Crippen LogP contribution in [0.25, 0.3) is 0 Å². The summed E-state index contributed by atoms with van der Waals surface area (Å²) in [7, 11) is 1.93. The van der Waals surface area contributed by atoms with Crippen LogP contribution in [0, 0.1) is 0 Å². The molecule has 0 radical (unpaired) electrons. The van der Waals surface area contributed by atoms with Crippen molar-refractivity contribution in [1.82, 2.24) is 5.09 Å². The van der Waals surface area contributed by atoms with Crippen LogP contribution in [0.2, 0.25) is 6.04 Å². The largest absolute Gasteiger partial charge is 0.500 e. The first-order valence-electron chi connectivity index (χ1n) is 8.04. The fraction of sp³-hybridized carbons (Fsp3) is 0.333. The topological polar surface area (TPSA) is 39.7 Å². The first-order chi connectivity index (χ1) is 11.7. The molecule has 130 valence electrons. The second-order valence-electron chi connectivity index (χ2n) is 5.31. The molecule has 0 atom stereocenters. The van der Waals surface area contributed by atoms with Crippen LogP contribution in [0.1, 0.15) is 6.42 Å². The van der Waals surface area contributed by atoms with Gasteiger partial charge in [0.1, 0.15) is 0 Å². The van der Waals surface area contributed by atoms with Gasteiger partial charge in [0.15, 0.2) is 0 Å². The lowest BCUT2D eigenvalue weighted by Crippen LogP contribution is -2.43. The fourth-order valence-corrected chi connectivity index (χ4v) is 6.25. The van der Waals surface area contributed by atoms with E-state index < -0.39 is 16.9 Å². The summed E-state index contributed by atoms with van der Waals surface area (Å²) in [6.45, 7) is 0.889. The summed E-state index contributed by atoms with van der Waals surface area (Å²) in [5, 5.41) is 6.37. The first-order valence-corrected chi connectivity index (χ1v) is 11.3. The van der Waals surface area contributed by atoms with E-state index >= 15 is 0 Å². The van der Waals surface area contributed by atoms with Crippen molar-refractivity contribution in [3.63, 3.8) is 0 Å². The minimum absolute atomic E-state index is 0.568. The Hall–Kier alpha value is -1.07. The normalized spacial score (nSPS) is 11.8. The second kappa shape index (κ2) is 10.0. The lowest BCUT2D eigenvalue weighted by atomic mass is 10.4. The molecule has 0 aromatic heterocycles. The molecule has 0 amide bonds. The smallest absolute Gasteiger partial charge is 0.377 e. The summed E-state index contributed by atoms with van der Waals surface area (Å²) >= 11 is 0. The van der Waals surface area contributed by atoms with Crippen molar-refractivity contribution in [3.05, 3.63) is 60.7 Å². The Kier molecular flexibility index (Phi) is 8.05. The molecule has 0 aliphatic carbocycles.